The average molecular weight is 264 g/mol. The lowest BCUT2D eigenvalue weighted by molar-refractivity contribution is 0.0766. The van der Waals surface area contributed by atoms with Crippen molar-refractivity contribution in [1.29, 1.82) is 10.5 Å². The maximum absolute atomic E-state index is 12.2. The molecule has 0 aromatic heterocycles. The van der Waals surface area contributed by atoms with Gasteiger partial charge < -0.3 is 10.2 Å². The third-order valence-corrected chi connectivity index (χ3v) is 3.55. The number of nitriles is 2. The number of nitrogens with one attached hydrogen (secondary N) is 1. The fourth-order valence-electron chi connectivity index (χ4n) is 2.36. The van der Waals surface area contributed by atoms with Crippen molar-refractivity contribution in [2.45, 2.75) is 25.4 Å². The predicted octanol–water partition coefficient (Wildman–Crippen LogP) is 2.15. The SMILES string of the molecule is N#CC(C#N)=CNc1ccc2c(c1)CN(C1CC1)C2=O. The number of hydrogen-bond acceptors (Lipinski definition) is 4. The van der Waals surface area contributed by atoms with Crippen LogP contribution in [0.25, 0.3) is 0 Å². The molecule has 2 aliphatic rings. The van der Waals surface area contributed by atoms with Crippen LogP contribution in [0, 0.1) is 22.7 Å². The molecule has 0 atom stereocenters. The van der Waals surface area contributed by atoms with Crippen LogP contribution in [-0.4, -0.2) is 16.8 Å². The zero-order valence-corrected chi connectivity index (χ0v) is 10.8. The number of amides is 1. The summed E-state index contributed by atoms with van der Waals surface area (Å²) in [7, 11) is 0. The summed E-state index contributed by atoms with van der Waals surface area (Å²) in [5.41, 5.74) is 2.54. The van der Waals surface area contributed by atoms with Gasteiger partial charge in [0.05, 0.1) is 0 Å². The third-order valence-electron chi connectivity index (χ3n) is 3.55. The zero-order chi connectivity index (χ0) is 14.1. The fourth-order valence-corrected chi connectivity index (χ4v) is 2.36. The van der Waals surface area contributed by atoms with Crippen LogP contribution in [0.1, 0.15) is 28.8 Å². The van der Waals surface area contributed by atoms with Crippen LogP contribution in [-0.2, 0) is 6.54 Å². The fraction of sp³-hybridized carbons (Fsp3) is 0.267. The van der Waals surface area contributed by atoms with Crippen molar-refractivity contribution in [2.24, 2.45) is 0 Å². The number of anilines is 1. The number of carbonyl (C=O) groups excluding carboxylic acids is 1. The lowest BCUT2D eigenvalue weighted by atomic mass is 10.1. The Morgan fingerprint density at radius 3 is 2.75 bits per heavy atom. The Labute approximate surface area is 116 Å². The van der Waals surface area contributed by atoms with Crippen molar-refractivity contribution in [1.82, 2.24) is 4.90 Å². The highest BCUT2D eigenvalue weighted by molar-refractivity contribution is 5.99. The Kier molecular flexibility index (Phi) is 2.89. The first-order valence-electron chi connectivity index (χ1n) is 6.43. The van der Waals surface area contributed by atoms with E-state index in [1.54, 1.807) is 24.3 Å². The Morgan fingerprint density at radius 1 is 1.35 bits per heavy atom. The van der Waals surface area contributed by atoms with E-state index in [2.05, 4.69) is 5.32 Å². The molecule has 0 spiro atoms. The highest BCUT2D eigenvalue weighted by Gasteiger charge is 2.38. The Balaban J connectivity index is 1.80. The van der Waals surface area contributed by atoms with Gasteiger partial charge in [-0.15, -0.1) is 0 Å². The van der Waals surface area contributed by atoms with Crippen LogP contribution in [0.4, 0.5) is 5.69 Å². The van der Waals surface area contributed by atoms with E-state index in [-0.39, 0.29) is 11.5 Å². The number of carbonyl (C=O) groups is 1. The maximum Gasteiger partial charge on any atom is 0.254 e. The Morgan fingerprint density at radius 2 is 2.10 bits per heavy atom. The average Bonchev–Trinajstić information content (AvgIpc) is 3.25. The molecule has 1 aliphatic heterocycles. The monoisotopic (exact) mass is 264 g/mol. The van der Waals surface area contributed by atoms with Gasteiger partial charge in [0.25, 0.3) is 5.91 Å². The smallest absolute Gasteiger partial charge is 0.254 e. The molecule has 1 amide bonds. The van der Waals surface area contributed by atoms with E-state index in [0.29, 0.717) is 12.6 Å². The van der Waals surface area contributed by atoms with E-state index >= 15 is 0 Å². The highest BCUT2D eigenvalue weighted by Crippen LogP contribution is 2.35. The van der Waals surface area contributed by atoms with Gasteiger partial charge in [-0.2, -0.15) is 10.5 Å². The number of nitrogens with zero attached hydrogens (tertiary/aromatic N) is 3. The zero-order valence-electron chi connectivity index (χ0n) is 10.8. The molecule has 98 valence electrons. The van der Waals surface area contributed by atoms with Gasteiger partial charge in [-0.05, 0) is 36.6 Å². The molecular weight excluding hydrogens is 252 g/mol. The summed E-state index contributed by atoms with van der Waals surface area (Å²) in [5, 5.41) is 20.2. The van der Waals surface area contributed by atoms with Gasteiger partial charge in [0.15, 0.2) is 0 Å². The van der Waals surface area contributed by atoms with Crippen molar-refractivity contribution in [3.8, 4) is 12.1 Å². The lowest BCUT2D eigenvalue weighted by Gasteiger charge is -2.13. The first-order chi connectivity index (χ1) is 9.72. The molecule has 0 saturated heterocycles. The van der Waals surface area contributed by atoms with E-state index in [1.807, 2.05) is 11.0 Å². The molecule has 1 saturated carbocycles. The molecule has 0 radical (unpaired) electrons. The molecule has 1 aromatic rings. The molecular formula is C15H12N4O. The van der Waals surface area contributed by atoms with Crippen molar-refractivity contribution in [3.05, 3.63) is 41.1 Å². The maximum atomic E-state index is 12.2. The van der Waals surface area contributed by atoms with Gasteiger partial charge in [0, 0.05) is 30.0 Å². The molecule has 5 nitrogen and oxygen atoms in total. The molecule has 1 aromatic carbocycles. The summed E-state index contributed by atoms with van der Waals surface area (Å²) in [4.78, 5) is 14.1. The summed E-state index contributed by atoms with van der Waals surface area (Å²) in [6.45, 7) is 0.654. The molecule has 5 heteroatoms. The number of benzene rings is 1. The molecule has 20 heavy (non-hydrogen) atoms. The standard InChI is InChI=1S/C15H12N4O/c16-6-10(7-17)8-18-12-1-4-14-11(5-12)9-19(15(14)20)13-2-3-13/h1,4-5,8,13,18H,2-3,9H2. The van der Waals surface area contributed by atoms with Gasteiger partial charge in [-0.3, -0.25) is 4.79 Å². The third kappa shape index (κ3) is 2.10. The second-order valence-electron chi connectivity index (χ2n) is 4.96. The van der Waals surface area contributed by atoms with Gasteiger partial charge >= 0.3 is 0 Å². The van der Waals surface area contributed by atoms with Crippen molar-refractivity contribution in [2.75, 3.05) is 5.32 Å². The van der Waals surface area contributed by atoms with Crippen LogP contribution in [0.3, 0.4) is 0 Å². The van der Waals surface area contributed by atoms with Gasteiger partial charge in [0.2, 0.25) is 0 Å². The Bertz CT molecular complexity index is 673. The number of rotatable bonds is 3. The summed E-state index contributed by atoms with van der Waals surface area (Å²) in [6.07, 6.45) is 3.57. The van der Waals surface area contributed by atoms with E-state index in [0.717, 1.165) is 29.7 Å². The molecule has 0 bridgehead atoms. The van der Waals surface area contributed by atoms with Gasteiger partial charge in [-0.1, -0.05) is 0 Å². The minimum atomic E-state index is 0.0150. The quantitative estimate of drug-likeness (QED) is 0.848. The second-order valence-corrected chi connectivity index (χ2v) is 4.96. The number of fused-ring (bicyclic) bond motifs is 1. The molecule has 1 N–H and O–H groups in total. The summed E-state index contributed by atoms with van der Waals surface area (Å²) in [6, 6.07) is 9.47. The first kappa shape index (κ1) is 12.3. The normalized spacial score (nSPS) is 16.1. The van der Waals surface area contributed by atoms with Crippen LogP contribution in [0.2, 0.25) is 0 Å². The minimum absolute atomic E-state index is 0.0150. The molecule has 3 rings (SSSR count). The van der Waals surface area contributed by atoms with E-state index in [1.165, 1.54) is 6.20 Å². The summed E-state index contributed by atoms with van der Waals surface area (Å²) in [5.74, 6) is 0.110. The number of allylic oxidation sites excluding steroid dienone is 1. The highest BCUT2D eigenvalue weighted by atomic mass is 16.2. The van der Waals surface area contributed by atoms with Crippen LogP contribution >= 0.6 is 0 Å². The molecule has 0 unspecified atom stereocenters. The van der Waals surface area contributed by atoms with Crippen LogP contribution in [0.15, 0.2) is 30.0 Å². The van der Waals surface area contributed by atoms with Crippen molar-refractivity contribution >= 4 is 11.6 Å². The first-order valence-corrected chi connectivity index (χ1v) is 6.43. The van der Waals surface area contributed by atoms with E-state index in [4.69, 9.17) is 10.5 Å². The van der Waals surface area contributed by atoms with E-state index < -0.39 is 0 Å². The Hall–Kier alpha value is -2.79. The topological polar surface area (TPSA) is 79.9 Å². The summed E-state index contributed by atoms with van der Waals surface area (Å²) < 4.78 is 0. The molecule has 1 fully saturated rings. The molecule has 1 aliphatic carbocycles. The van der Waals surface area contributed by atoms with Crippen molar-refractivity contribution in [3.63, 3.8) is 0 Å². The van der Waals surface area contributed by atoms with Gasteiger partial charge in [-0.25, -0.2) is 0 Å². The van der Waals surface area contributed by atoms with Crippen molar-refractivity contribution < 1.29 is 4.79 Å². The lowest BCUT2D eigenvalue weighted by Crippen LogP contribution is -2.25. The predicted molar refractivity (Wildman–Crippen MR) is 72.3 cm³/mol. The largest absolute Gasteiger partial charge is 0.360 e. The molecule has 1 heterocycles. The second kappa shape index (κ2) is 4.71. The summed E-state index contributed by atoms with van der Waals surface area (Å²) >= 11 is 0. The number of hydrogen-bond donors (Lipinski definition) is 1. The van der Waals surface area contributed by atoms with Crippen LogP contribution in [0.5, 0.6) is 0 Å². The van der Waals surface area contributed by atoms with Crippen LogP contribution < -0.4 is 5.32 Å². The van der Waals surface area contributed by atoms with E-state index in [9.17, 15) is 4.79 Å². The minimum Gasteiger partial charge on any atom is -0.360 e. The van der Waals surface area contributed by atoms with Gasteiger partial charge in [0.1, 0.15) is 17.7 Å².